The second kappa shape index (κ2) is 11.7. The number of rotatable bonds is 9. The highest BCUT2D eigenvalue weighted by Crippen LogP contribution is 2.28. The SMILES string of the molecule is Cc1ccc(SCc2nc(-c3ccc(C(=O)NCCCN4CCCC[C@@H]4C)cc3)oc2C)cc1. The lowest BCUT2D eigenvalue weighted by Gasteiger charge is -2.33. The third kappa shape index (κ3) is 6.51. The van der Waals surface area contributed by atoms with Gasteiger partial charge in [0, 0.05) is 40.9 Å². The first-order valence-corrected chi connectivity index (χ1v) is 13.3. The standard InChI is InChI=1S/C28H35N3O2S/c1-20-8-14-25(15-9-20)34-19-26-22(3)33-28(30-26)24-12-10-23(11-13-24)27(32)29-16-6-18-31-17-5-4-7-21(31)2/h8-15,21H,4-7,16-19H2,1-3H3,(H,29,32)/t21-/m0/s1. The average Bonchev–Trinajstić information content (AvgIpc) is 3.23. The van der Waals surface area contributed by atoms with Crippen molar-refractivity contribution in [2.75, 3.05) is 19.6 Å². The molecule has 1 aromatic heterocycles. The molecule has 2 heterocycles. The van der Waals surface area contributed by atoms with Crippen molar-refractivity contribution >= 4 is 17.7 Å². The highest BCUT2D eigenvalue weighted by atomic mass is 32.2. The van der Waals surface area contributed by atoms with E-state index in [4.69, 9.17) is 9.40 Å². The van der Waals surface area contributed by atoms with Crippen LogP contribution in [0.15, 0.2) is 57.8 Å². The lowest BCUT2D eigenvalue weighted by Crippen LogP contribution is -2.39. The third-order valence-corrected chi connectivity index (χ3v) is 7.55. The molecule has 180 valence electrons. The highest BCUT2D eigenvalue weighted by Gasteiger charge is 2.17. The van der Waals surface area contributed by atoms with Crippen molar-refractivity contribution in [2.45, 2.75) is 63.1 Å². The number of carbonyl (C=O) groups is 1. The zero-order valence-corrected chi connectivity index (χ0v) is 21.3. The van der Waals surface area contributed by atoms with E-state index in [0.29, 0.717) is 24.0 Å². The summed E-state index contributed by atoms with van der Waals surface area (Å²) in [5, 5.41) is 3.05. The van der Waals surface area contributed by atoms with Crippen molar-refractivity contribution in [3.05, 3.63) is 71.1 Å². The molecule has 6 heteroatoms. The molecule has 1 amide bonds. The van der Waals surface area contributed by atoms with Gasteiger partial charge < -0.3 is 14.6 Å². The first-order chi connectivity index (χ1) is 16.5. The van der Waals surface area contributed by atoms with Gasteiger partial charge in [-0.1, -0.05) is 24.1 Å². The van der Waals surface area contributed by atoms with E-state index in [2.05, 4.69) is 48.3 Å². The van der Waals surface area contributed by atoms with Gasteiger partial charge in [-0.2, -0.15) is 0 Å². The van der Waals surface area contributed by atoms with Crippen LogP contribution in [-0.4, -0.2) is 41.5 Å². The smallest absolute Gasteiger partial charge is 0.251 e. The van der Waals surface area contributed by atoms with Crippen molar-refractivity contribution in [3.63, 3.8) is 0 Å². The molecule has 5 nitrogen and oxygen atoms in total. The molecule has 0 aliphatic carbocycles. The number of likely N-dealkylation sites (tertiary alicyclic amines) is 1. The third-order valence-electron chi connectivity index (χ3n) is 6.53. The van der Waals surface area contributed by atoms with E-state index in [-0.39, 0.29) is 5.91 Å². The number of hydrogen-bond acceptors (Lipinski definition) is 5. The summed E-state index contributed by atoms with van der Waals surface area (Å²) in [6, 6.07) is 16.7. The Bertz CT molecular complexity index is 1080. The second-order valence-corrected chi connectivity index (χ2v) is 10.2. The Labute approximate surface area is 207 Å². The van der Waals surface area contributed by atoms with Crippen LogP contribution in [0.2, 0.25) is 0 Å². The Morgan fingerprint density at radius 1 is 1.12 bits per heavy atom. The van der Waals surface area contributed by atoms with Gasteiger partial charge >= 0.3 is 0 Å². The van der Waals surface area contributed by atoms with Crippen LogP contribution in [0.25, 0.3) is 11.5 Å². The summed E-state index contributed by atoms with van der Waals surface area (Å²) >= 11 is 1.75. The zero-order valence-electron chi connectivity index (χ0n) is 20.5. The first-order valence-electron chi connectivity index (χ1n) is 12.3. The Kier molecular flexibility index (Phi) is 8.46. The van der Waals surface area contributed by atoms with Crippen molar-refractivity contribution in [2.24, 2.45) is 0 Å². The van der Waals surface area contributed by atoms with Crippen molar-refractivity contribution < 1.29 is 9.21 Å². The summed E-state index contributed by atoms with van der Waals surface area (Å²) in [5.74, 6) is 2.16. The van der Waals surface area contributed by atoms with Gasteiger partial charge in [0.05, 0.1) is 5.69 Å². The molecule has 34 heavy (non-hydrogen) atoms. The van der Waals surface area contributed by atoms with Gasteiger partial charge in [-0.15, -0.1) is 11.8 Å². The molecular formula is C28H35N3O2S. The zero-order chi connectivity index (χ0) is 23.9. The van der Waals surface area contributed by atoms with Gasteiger partial charge in [-0.25, -0.2) is 4.98 Å². The number of oxazole rings is 1. The lowest BCUT2D eigenvalue weighted by molar-refractivity contribution is 0.0949. The van der Waals surface area contributed by atoms with E-state index in [0.717, 1.165) is 35.7 Å². The number of aromatic nitrogens is 1. The van der Waals surface area contributed by atoms with Crippen LogP contribution in [0.3, 0.4) is 0 Å². The number of piperidine rings is 1. The molecule has 1 aliphatic rings. The minimum absolute atomic E-state index is 0.0305. The molecule has 2 aromatic carbocycles. The molecule has 0 bridgehead atoms. The summed E-state index contributed by atoms with van der Waals surface area (Å²) in [6.45, 7) is 9.28. The van der Waals surface area contributed by atoms with Crippen LogP contribution >= 0.6 is 11.8 Å². The number of aryl methyl sites for hydroxylation is 2. The molecule has 0 spiro atoms. The quantitative estimate of drug-likeness (QED) is 0.292. The molecule has 4 rings (SSSR count). The van der Waals surface area contributed by atoms with Gasteiger partial charge in [0.2, 0.25) is 5.89 Å². The maximum Gasteiger partial charge on any atom is 0.251 e. The molecule has 1 fully saturated rings. The number of carbonyl (C=O) groups excluding carboxylic acids is 1. The Hall–Kier alpha value is -2.57. The maximum absolute atomic E-state index is 12.5. The number of nitrogens with one attached hydrogen (secondary N) is 1. The fourth-order valence-electron chi connectivity index (χ4n) is 4.31. The van der Waals surface area contributed by atoms with Gasteiger partial charge in [0.1, 0.15) is 5.76 Å². The predicted molar refractivity (Wildman–Crippen MR) is 139 cm³/mol. The molecule has 0 unspecified atom stereocenters. The molecule has 0 saturated carbocycles. The average molecular weight is 478 g/mol. The monoisotopic (exact) mass is 477 g/mol. The Balaban J connectivity index is 1.27. The van der Waals surface area contributed by atoms with E-state index in [1.54, 1.807) is 11.8 Å². The molecule has 1 saturated heterocycles. The number of thioether (sulfide) groups is 1. The first kappa shape index (κ1) is 24.6. The van der Waals surface area contributed by atoms with Crippen LogP contribution in [0.1, 0.15) is 60.0 Å². The van der Waals surface area contributed by atoms with Crippen LogP contribution in [-0.2, 0) is 5.75 Å². The van der Waals surface area contributed by atoms with E-state index in [9.17, 15) is 4.79 Å². The van der Waals surface area contributed by atoms with Crippen LogP contribution < -0.4 is 5.32 Å². The predicted octanol–water partition coefficient (Wildman–Crippen LogP) is 6.25. The number of nitrogens with zero attached hydrogens (tertiary/aromatic N) is 2. The van der Waals surface area contributed by atoms with Gasteiger partial charge in [-0.3, -0.25) is 4.79 Å². The maximum atomic E-state index is 12.5. The van der Waals surface area contributed by atoms with Crippen LogP contribution in [0.4, 0.5) is 0 Å². The normalized spacial score (nSPS) is 16.5. The summed E-state index contributed by atoms with van der Waals surface area (Å²) < 4.78 is 5.92. The largest absolute Gasteiger partial charge is 0.441 e. The second-order valence-electron chi connectivity index (χ2n) is 9.19. The Morgan fingerprint density at radius 3 is 2.62 bits per heavy atom. The van der Waals surface area contributed by atoms with E-state index in [1.807, 2.05) is 31.2 Å². The molecule has 3 aromatic rings. The lowest BCUT2D eigenvalue weighted by atomic mass is 10.0. The van der Waals surface area contributed by atoms with Crippen molar-refractivity contribution in [1.82, 2.24) is 15.2 Å². The minimum atomic E-state index is -0.0305. The van der Waals surface area contributed by atoms with Crippen molar-refractivity contribution in [3.8, 4) is 11.5 Å². The van der Waals surface area contributed by atoms with Crippen LogP contribution in [0.5, 0.6) is 0 Å². The van der Waals surface area contributed by atoms with E-state index in [1.165, 1.54) is 36.3 Å². The summed E-state index contributed by atoms with van der Waals surface area (Å²) in [6.07, 6.45) is 4.90. The van der Waals surface area contributed by atoms with E-state index < -0.39 is 0 Å². The van der Waals surface area contributed by atoms with Gasteiger partial charge in [-0.05, 0) is 83.0 Å². The van der Waals surface area contributed by atoms with Crippen LogP contribution in [0, 0.1) is 13.8 Å². The molecule has 1 N–H and O–H groups in total. The molecular weight excluding hydrogens is 442 g/mol. The summed E-state index contributed by atoms with van der Waals surface area (Å²) in [7, 11) is 0. The topological polar surface area (TPSA) is 58.4 Å². The number of hydrogen-bond donors (Lipinski definition) is 1. The van der Waals surface area contributed by atoms with Gasteiger partial charge in [0.25, 0.3) is 5.91 Å². The van der Waals surface area contributed by atoms with E-state index >= 15 is 0 Å². The molecule has 1 aliphatic heterocycles. The minimum Gasteiger partial charge on any atom is -0.441 e. The summed E-state index contributed by atoms with van der Waals surface area (Å²) in [4.78, 5) is 21.0. The molecule has 1 atom stereocenters. The fourth-order valence-corrected chi connectivity index (χ4v) is 5.21. The highest BCUT2D eigenvalue weighted by molar-refractivity contribution is 7.98. The Morgan fingerprint density at radius 2 is 1.88 bits per heavy atom. The fraction of sp³-hybridized carbons (Fsp3) is 0.429. The summed E-state index contributed by atoms with van der Waals surface area (Å²) in [5.41, 5.74) is 3.75. The molecule has 0 radical (unpaired) electrons. The van der Waals surface area contributed by atoms with Gasteiger partial charge in [0.15, 0.2) is 0 Å². The van der Waals surface area contributed by atoms with Crippen molar-refractivity contribution in [1.29, 1.82) is 0 Å². The number of benzene rings is 2. The number of amides is 1.